The van der Waals surface area contributed by atoms with Gasteiger partial charge in [-0.15, -0.1) is 0 Å². The summed E-state index contributed by atoms with van der Waals surface area (Å²) < 4.78 is 0. The lowest BCUT2D eigenvalue weighted by Crippen LogP contribution is -2.53. The van der Waals surface area contributed by atoms with Crippen molar-refractivity contribution in [3.05, 3.63) is 12.2 Å². The summed E-state index contributed by atoms with van der Waals surface area (Å²) >= 11 is 0. The molecule has 0 aromatic heterocycles. The van der Waals surface area contributed by atoms with E-state index in [0.717, 1.165) is 38.5 Å². The van der Waals surface area contributed by atoms with Gasteiger partial charge >= 0.3 is 0 Å². The van der Waals surface area contributed by atoms with Gasteiger partial charge in [0.1, 0.15) is 12.2 Å². The molecule has 5 N–H and O–H groups in total. The van der Waals surface area contributed by atoms with Gasteiger partial charge in [0.05, 0.1) is 18.8 Å². The highest BCUT2D eigenvalue weighted by atomic mass is 16.3. The highest BCUT2D eigenvalue weighted by Crippen LogP contribution is 2.14. The number of rotatable bonds is 31. The number of aliphatic hydroxyl groups excluding tert-OH is 4. The van der Waals surface area contributed by atoms with Gasteiger partial charge in [0.2, 0.25) is 5.91 Å². The molecule has 6 heteroatoms. The third-order valence-corrected chi connectivity index (χ3v) is 8.23. The number of carbonyl (C=O) groups is 1. The molecule has 4 atom stereocenters. The minimum absolute atomic E-state index is 0.366. The molecule has 0 aromatic rings. The molecule has 6 nitrogen and oxygen atoms in total. The number of amides is 1. The fourth-order valence-corrected chi connectivity index (χ4v) is 5.34. The van der Waals surface area contributed by atoms with E-state index in [4.69, 9.17) is 0 Å². The first-order chi connectivity index (χ1) is 20.0. The molecule has 0 fully saturated rings. The van der Waals surface area contributed by atoms with E-state index >= 15 is 0 Å². The highest BCUT2D eigenvalue weighted by molar-refractivity contribution is 5.80. The minimum Gasteiger partial charge on any atom is -0.394 e. The highest BCUT2D eigenvalue weighted by Gasteiger charge is 2.28. The van der Waals surface area contributed by atoms with Gasteiger partial charge in [0.15, 0.2) is 0 Å². The SMILES string of the molecule is CCCCCCCCCCCC/C=C/CCCC(O)C(O)C(CO)NC(=O)C(O)CCCCCCCCCCCC. The molecule has 1 amide bonds. The zero-order chi connectivity index (χ0) is 30.4. The fourth-order valence-electron chi connectivity index (χ4n) is 5.34. The van der Waals surface area contributed by atoms with Gasteiger partial charge in [-0.3, -0.25) is 4.79 Å². The van der Waals surface area contributed by atoms with E-state index in [1.807, 2.05) is 0 Å². The van der Waals surface area contributed by atoms with E-state index in [0.29, 0.717) is 12.8 Å². The molecule has 0 aromatic carbocycles. The van der Waals surface area contributed by atoms with Gasteiger partial charge in [0.25, 0.3) is 0 Å². The van der Waals surface area contributed by atoms with Crippen molar-refractivity contribution >= 4 is 5.91 Å². The first-order valence-electron chi connectivity index (χ1n) is 17.6. The van der Waals surface area contributed by atoms with Crippen LogP contribution in [0.25, 0.3) is 0 Å². The number of nitrogens with one attached hydrogen (secondary N) is 1. The summed E-state index contributed by atoms with van der Waals surface area (Å²) in [6, 6.07) is -0.994. The number of carbonyl (C=O) groups excluding carboxylic acids is 1. The number of aliphatic hydroxyl groups is 4. The van der Waals surface area contributed by atoms with Gasteiger partial charge in [0, 0.05) is 0 Å². The molecule has 0 aliphatic heterocycles. The van der Waals surface area contributed by atoms with Crippen LogP contribution in [0.4, 0.5) is 0 Å². The summed E-state index contributed by atoms with van der Waals surface area (Å²) in [5.74, 6) is -0.596. The van der Waals surface area contributed by atoms with Gasteiger partial charge in [-0.25, -0.2) is 0 Å². The Kier molecular flexibility index (Phi) is 29.8. The number of allylic oxidation sites excluding steroid dienone is 2. The second kappa shape index (κ2) is 30.5. The smallest absolute Gasteiger partial charge is 0.249 e. The van der Waals surface area contributed by atoms with Crippen LogP contribution in [0, 0.1) is 0 Å². The Hall–Kier alpha value is -0.950. The predicted molar refractivity (Wildman–Crippen MR) is 173 cm³/mol. The monoisotopic (exact) mass is 584 g/mol. The van der Waals surface area contributed by atoms with Gasteiger partial charge in [-0.1, -0.05) is 148 Å². The largest absolute Gasteiger partial charge is 0.394 e. The van der Waals surface area contributed by atoms with Crippen molar-refractivity contribution in [1.82, 2.24) is 5.32 Å². The van der Waals surface area contributed by atoms with Crippen molar-refractivity contribution in [1.29, 1.82) is 0 Å². The number of hydrogen-bond donors (Lipinski definition) is 5. The Bertz CT molecular complexity index is 585. The first-order valence-corrected chi connectivity index (χ1v) is 17.6. The van der Waals surface area contributed by atoms with E-state index in [2.05, 4.69) is 31.3 Å². The maximum absolute atomic E-state index is 12.4. The van der Waals surface area contributed by atoms with Crippen molar-refractivity contribution in [2.45, 2.75) is 199 Å². The molecular weight excluding hydrogens is 514 g/mol. The Morgan fingerprint density at radius 1 is 0.585 bits per heavy atom. The average Bonchev–Trinajstić information content (AvgIpc) is 2.98. The molecule has 244 valence electrons. The van der Waals surface area contributed by atoms with Crippen LogP contribution in [0.2, 0.25) is 0 Å². The third-order valence-electron chi connectivity index (χ3n) is 8.23. The molecule has 0 rings (SSSR count). The van der Waals surface area contributed by atoms with Gasteiger partial charge < -0.3 is 25.7 Å². The van der Waals surface area contributed by atoms with Crippen molar-refractivity contribution in [2.24, 2.45) is 0 Å². The van der Waals surface area contributed by atoms with Crippen LogP contribution >= 0.6 is 0 Å². The normalized spacial score (nSPS) is 14.8. The molecule has 0 aliphatic carbocycles. The maximum Gasteiger partial charge on any atom is 0.249 e. The maximum atomic E-state index is 12.4. The van der Waals surface area contributed by atoms with Crippen LogP contribution < -0.4 is 5.32 Å². The average molecular weight is 584 g/mol. The van der Waals surface area contributed by atoms with Crippen molar-refractivity contribution in [3.63, 3.8) is 0 Å². The minimum atomic E-state index is -1.27. The van der Waals surface area contributed by atoms with Crippen LogP contribution in [0.5, 0.6) is 0 Å². The Balaban J connectivity index is 3.88. The Morgan fingerprint density at radius 2 is 1.00 bits per heavy atom. The molecular formula is C35H69NO5. The first kappa shape index (κ1) is 40.1. The third kappa shape index (κ3) is 25.3. The topological polar surface area (TPSA) is 110 Å². The van der Waals surface area contributed by atoms with E-state index in [-0.39, 0.29) is 0 Å². The molecule has 0 heterocycles. The van der Waals surface area contributed by atoms with Crippen LogP contribution in [0.15, 0.2) is 12.2 Å². The van der Waals surface area contributed by atoms with Gasteiger partial charge in [-0.05, 0) is 38.5 Å². The van der Waals surface area contributed by atoms with Crippen LogP contribution in [0.1, 0.15) is 174 Å². The Labute approximate surface area is 253 Å². The quantitative estimate of drug-likeness (QED) is 0.0421. The molecule has 0 spiro atoms. The van der Waals surface area contributed by atoms with Crippen molar-refractivity contribution in [2.75, 3.05) is 6.61 Å². The zero-order valence-corrected chi connectivity index (χ0v) is 27.0. The fraction of sp³-hybridized carbons (Fsp3) is 0.914. The zero-order valence-electron chi connectivity index (χ0n) is 27.0. The lowest BCUT2D eigenvalue weighted by atomic mass is 10.00. The van der Waals surface area contributed by atoms with Crippen molar-refractivity contribution in [3.8, 4) is 0 Å². The summed E-state index contributed by atoms with van der Waals surface area (Å²) in [6.45, 7) is 3.99. The second-order valence-corrected chi connectivity index (χ2v) is 12.2. The van der Waals surface area contributed by atoms with Crippen LogP contribution in [-0.4, -0.2) is 57.3 Å². The van der Waals surface area contributed by atoms with E-state index in [9.17, 15) is 25.2 Å². The van der Waals surface area contributed by atoms with Crippen LogP contribution in [0.3, 0.4) is 0 Å². The molecule has 0 radical (unpaired) electrons. The van der Waals surface area contributed by atoms with E-state index in [1.165, 1.54) is 109 Å². The second-order valence-electron chi connectivity index (χ2n) is 12.2. The summed E-state index contributed by atoms with van der Waals surface area (Å²) in [7, 11) is 0. The Morgan fingerprint density at radius 3 is 1.46 bits per heavy atom. The number of hydrogen-bond acceptors (Lipinski definition) is 5. The molecule has 0 saturated carbocycles. The molecule has 0 saturated heterocycles. The number of unbranched alkanes of at least 4 members (excludes halogenated alkanes) is 20. The molecule has 41 heavy (non-hydrogen) atoms. The lowest BCUT2D eigenvalue weighted by molar-refractivity contribution is -0.132. The van der Waals surface area contributed by atoms with E-state index in [1.54, 1.807) is 0 Å². The lowest BCUT2D eigenvalue weighted by Gasteiger charge is -2.27. The summed E-state index contributed by atoms with van der Waals surface area (Å²) in [5.41, 5.74) is 0. The van der Waals surface area contributed by atoms with E-state index < -0.39 is 36.9 Å². The summed E-state index contributed by atoms with van der Waals surface area (Å²) in [5, 5.41) is 43.2. The summed E-state index contributed by atoms with van der Waals surface area (Å²) in [6.07, 6.45) is 29.5. The standard InChI is InChI=1S/C35H69NO5/c1-3-5-7-9-11-13-15-16-17-18-19-21-22-24-26-28-32(38)34(40)31(30-37)36-35(41)33(39)29-27-25-23-20-14-12-10-8-6-4-2/h21-22,31-34,37-40H,3-20,23-30H2,1-2H3,(H,36,41)/b22-21+. The molecule has 0 bridgehead atoms. The van der Waals surface area contributed by atoms with Crippen molar-refractivity contribution < 1.29 is 25.2 Å². The molecule has 0 aliphatic rings. The summed E-state index contributed by atoms with van der Waals surface area (Å²) in [4.78, 5) is 12.4. The predicted octanol–water partition coefficient (Wildman–Crippen LogP) is 7.89. The van der Waals surface area contributed by atoms with Crippen LogP contribution in [-0.2, 0) is 4.79 Å². The molecule has 4 unspecified atom stereocenters. The van der Waals surface area contributed by atoms with Gasteiger partial charge in [-0.2, -0.15) is 0 Å².